The lowest BCUT2D eigenvalue weighted by Gasteiger charge is -2.45. The zero-order valence-electron chi connectivity index (χ0n) is 14.1. The summed E-state index contributed by atoms with van der Waals surface area (Å²) in [6, 6.07) is 0.633. The fourth-order valence-electron chi connectivity index (χ4n) is 4.40. The monoisotopic (exact) mass is 296 g/mol. The zero-order valence-corrected chi connectivity index (χ0v) is 14.1. The maximum atomic E-state index is 9.34. The number of piperidine rings is 1. The molecule has 0 spiro atoms. The summed E-state index contributed by atoms with van der Waals surface area (Å²) in [7, 11) is 0. The molecule has 3 heteroatoms. The molecule has 3 nitrogen and oxygen atoms in total. The minimum absolute atomic E-state index is 0.349. The Kier molecular flexibility index (Phi) is 7.48. The first kappa shape index (κ1) is 17.2. The SMILES string of the molecule is CCCNCC1(CN2CCCCC2CCO)CCCCC1. The van der Waals surface area contributed by atoms with Crippen LogP contribution in [0.15, 0.2) is 0 Å². The summed E-state index contributed by atoms with van der Waals surface area (Å²) in [5, 5.41) is 13.0. The molecule has 1 saturated carbocycles. The molecule has 0 aromatic carbocycles. The number of nitrogens with zero attached hydrogens (tertiary/aromatic N) is 1. The highest BCUT2D eigenvalue weighted by molar-refractivity contribution is 4.90. The normalized spacial score (nSPS) is 26.9. The van der Waals surface area contributed by atoms with E-state index in [1.54, 1.807) is 0 Å². The van der Waals surface area contributed by atoms with Crippen LogP contribution in [-0.2, 0) is 0 Å². The van der Waals surface area contributed by atoms with Crippen molar-refractivity contribution in [1.82, 2.24) is 10.2 Å². The third-order valence-corrected chi connectivity index (χ3v) is 5.59. The van der Waals surface area contributed by atoms with Crippen molar-refractivity contribution in [2.75, 3.05) is 32.8 Å². The molecule has 1 aliphatic heterocycles. The van der Waals surface area contributed by atoms with Crippen molar-refractivity contribution < 1.29 is 5.11 Å². The predicted octanol–water partition coefficient (Wildman–Crippen LogP) is 3.17. The van der Waals surface area contributed by atoms with Crippen LogP contribution in [0.4, 0.5) is 0 Å². The van der Waals surface area contributed by atoms with Gasteiger partial charge in [0, 0.05) is 25.7 Å². The number of rotatable bonds is 8. The number of hydrogen-bond donors (Lipinski definition) is 2. The standard InChI is InChI=1S/C18H36N2O/c1-2-12-19-15-18(10-5-3-6-11-18)16-20-13-7-4-8-17(20)9-14-21/h17,19,21H,2-16H2,1H3. The van der Waals surface area contributed by atoms with Crippen molar-refractivity contribution in [3.63, 3.8) is 0 Å². The van der Waals surface area contributed by atoms with Gasteiger partial charge in [0.05, 0.1) is 0 Å². The molecule has 0 aromatic heterocycles. The van der Waals surface area contributed by atoms with Gasteiger partial charge in [-0.15, -0.1) is 0 Å². The summed E-state index contributed by atoms with van der Waals surface area (Å²) in [4.78, 5) is 2.72. The summed E-state index contributed by atoms with van der Waals surface area (Å²) in [6.07, 6.45) is 13.2. The largest absolute Gasteiger partial charge is 0.396 e. The number of nitrogens with one attached hydrogen (secondary N) is 1. The quantitative estimate of drug-likeness (QED) is 0.675. The van der Waals surface area contributed by atoms with Gasteiger partial charge in [0.25, 0.3) is 0 Å². The Hall–Kier alpha value is -0.120. The van der Waals surface area contributed by atoms with E-state index in [9.17, 15) is 5.11 Å². The maximum absolute atomic E-state index is 9.34. The molecular weight excluding hydrogens is 260 g/mol. The molecule has 2 N–H and O–H groups in total. The molecule has 1 saturated heterocycles. The van der Waals surface area contributed by atoms with Gasteiger partial charge in [-0.25, -0.2) is 0 Å². The number of hydrogen-bond acceptors (Lipinski definition) is 3. The van der Waals surface area contributed by atoms with Gasteiger partial charge in [-0.05, 0) is 57.0 Å². The van der Waals surface area contributed by atoms with Crippen molar-refractivity contribution >= 4 is 0 Å². The molecule has 1 aliphatic carbocycles. The van der Waals surface area contributed by atoms with Gasteiger partial charge in [0.1, 0.15) is 0 Å². The average molecular weight is 296 g/mol. The molecule has 124 valence electrons. The van der Waals surface area contributed by atoms with Gasteiger partial charge >= 0.3 is 0 Å². The van der Waals surface area contributed by atoms with E-state index >= 15 is 0 Å². The Balaban J connectivity index is 1.95. The van der Waals surface area contributed by atoms with E-state index in [4.69, 9.17) is 0 Å². The molecule has 0 amide bonds. The molecule has 0 radical (unpaired) electrons. The second-order valence-corrected chi connectivity index (χ2v) is 7.37. The number of likely N-dealkylation sites (tertiary alicyclic amines) is 1. The Bertz CT molecular complexity index is 274. The molecule has 1 atom stereocenters. The molecule has 2 rings (SSSR count). The molecular formula is C18H36N2O. The lowest BCUT2D eigenvalue weighted by atomic mass is 9.73. The third kappa shape index (κ3) is 5.22. The molecule has 2 fully saturated rings. The van der Waals surface area contributed by atoms with Crippen LogP contribution in [0.25, 0.3) is 0 Å². The van der Waals surface area contributed by atoms with Crippen LogP contribution < -0.4 is 5.32 Å². The summed E-state index contributed by atoms with van der Waals surface area (Å²) in [6.45, 7) is 7.46. The topological polar surface area (TPSA) is 35.5 Å². The summed E-state index contributed by atoms with van der Waals surface area (Å²) < 4.78 is 0. The van der Waals surface area contributed by atoms with Crippen LogP contribution in [0.3, 0.4) is 0 Å². The van der Waals surface area contributed by atoms with Gasteiger partial charge < -0.3 is 10.4 Å². The molecule has 0 bridgehead atoms. The van der Waals surface area contributed by atoms with Crippen LogP contribution in [0.2, 0.25) is 0 Å². The predicted molar refractivity (Wildman–Crippen MR) is 89.6 cm³/mol. The molecule has 1 heterocycles. The van der Waals surface area contributed by atoms with Gasteiger partial charge in [-0.2, -0.15) is 0 Å². The van der Waals surface area contributed by atoms with E-state index in [2.05, 4.69) is 17.1 Å². The van der Waals surface area contributed by atoms with Crippen molar-refractivity contribution in [1.29, 1.82) is 0 Å². The highest BCUT2D eigenvalue weighted by atomic mass is 16.3. The Morgan fingerprint density at radius 2 is 1.95 bits per heavy atom. The second kappa shape index (κ2) is 9.12. The highest BCUT2D eigenvalue weighted by Crippen LogP contribution is 2.38. The van der Waals surface area contributed by atoms with Crippen molar-refractivity contribution in [2.24, 2.45) is 5.41 Å². The molecule has 2 aliphatic rings. The highest BCUT2D eigenvalue weighted by Gasteiger charge is 2.35. The van der Waals surface area contributed by atoms with Crippen molar-refractivity contribution in [2.45, 2.75) is 77.2 Å². The first-order valence-electron chi connectivity index (χ1n) is 9.35. The van der Waals surface area contributed by atoms with Gasteiger partial charge in [-0.1, -0.05) is 32.6 Å². The number of aliphatic hydroxyl groups excluding tert-OH is 1. The summed E-state index contributed by atoms with van der Waals surface area (Å²) >= 11 is 0. The number of aliphatic hydroxyl groups is 1. The van der Waals surface area contributed by atoms with E-state index in [-0.39, 0.29) is 0 Å². The third-order valence-electron chi connectivity index (χ3n) is 5.59. The van der Waals surface area contributed by atoms with E-state index in [1.807, 2.05) is 0 Å². The van der Waals surface area contributed by atoms with Crippen LogP contribution in [0, 0.1) is 5.41 Å². The van der Waals surface area contributed by atoms with Gasteiger partial charge in [0.2, 0.25) is 0 Å². The Morgan fingerprint density at radius 1 is 1.14 bits per heavy atom. The minimum Gasteiger partial charge on any atom is -0.396 e. The van der Waals surface area contributed by atoms with Crippen LogP contribution in [0.1, 0.15) is 71.1 Å². The lowest BCUT2D eigenvalue weighted by molar-refractivity contribution is 0.0450. The van der Waals surface area contributed by atoms with Crippen molar-refractivity contribution in [3.05, 3.63) is 0 Å². The van der Waals surface area contributed by atoms with E-state index in [0.717, 1.165) is 13.0 Å². The first-order valence-corrected chi connectivity index (χ1v) is 9.35. The Morgan fingerprint density at radius 3 is 2.67 bits per heavy atom. The second-order valence-electron chi connectivity index (χ2n) is 7.37. The van der Waals surface area contributed by atoms with Crippen LogP contribution in [0.5, 0.6) is 0 Å². The summed E-state index contributed by atoms with van der Waals surface area (Å²) in [5.74, 6) is 0. The molecule has 1 unspecified atom stereocenters. The lowest BCUT2D eigenvalue weighted by Crippen LogP contribution is -2.50. The first-order chi connectivity index (χ1) is 10.3. The fourth-order valence-corrected chi connectivity index (χ4v) is 4.40. The average Bonchev–Trinajstić information content (AvgIpc) is 2.51. The fraction of sp³-hybridized carbons (Fsp3) is 1.00. The van der Waals surface area contributed by atoms with Gasteiger partial charge in [-0.3, -0.25) is 4.90 Å². The van der Waals surface area contributed by atoms with Crippen LogP contribution in [-0.4, -0.2) is 48.8 Å². The van der Waals surface area contributed by atoms with Crippen molar-refractivity contribution in [3.8, 4) is 0 Å². The smallest absolute Gasteiger partial charge is 0.0445 e. The van der Waals surface area contributed by atoms with Crippen LogP contribution >= 0.6 is 0 Å². The van der Waals surface area contributed by atoms with E-state index in [1.165, 1.54) is 77.4 Å². The molecule has 0 aromatic rings. The zero-order chi connectivity index (χ0) is 15.0. The maximum Gasteiger partial charge on any atom is 0.0445 e. The van der Waals surface area contributed by atoms with Gasteiger partial charge in [0.15, 0.2) is 0 Å². The minimum atomic E-state index is 0.349. The van der Waals surface area contributed by atoms with E-state index in [0.29, 0.717) is 18.1 Å². The summed E-state index contributed by atoms with van der Waals surface area (Å²) in [5.41, 5.74) is 0.498. The van der Waals surface area contributed by atoms with E-state index < -0.39 is 0 Å². The Labute approximate surface area is 131 Å². The molecule has 21 heavy (non-hydrogen) atoms.